The largest absolute Gasteiger partial charge is 0.691 e. The van der Waals surface area contributed by atoms with Crippen LogP contribution in [0.25, 0.3) is 0 Å². The molecule has 368 valence electrons. The van der Waals surface area contributed by atoms with Crippen LogP contribution in [0.4, 0.5) is 48.3 Å². The van der Waals surface area contributed by atoms with Crippen molar-refractivity contribution in [2.45, 2.75) is 141 Å². The summed E-state index contributed by atoms with van der Waals surface area (Å²) < 4.78 is 162. The van der Waals surface area contributed by atoms with Crippen molar-refractivity contribution in [3.8, 4) is 0 Å². The van der Waals surface area contributed by atoms with Crippen LogP contribution in [0.5, 0.6) is 0 Å². The van der Waals surface area contributed by atoms with Crippen molar-refractivity contribution in [1.29, 1.82) is 0 Å². The van der Waals surface area contributed by atoms with Gasteiger partial charge in [-0.2, -0.15) is 52.5 Å². The van der Waals surface area contributed by atoms with Crippen LogP contribution in [0.2, 0.25) is 0 Å². The zero-order valence-corrected chi connectivity index (χ0v) is 34.8. The lowest BCUT2D eigenvalue weighted by Gasteiger charge is -2.54. The monoisotopic (exact) mass is 1010 g/mol. The highest BCUT2D eigenvalue weighted by Crippen LogP contribution is 2.57. The third-order valence-corrected chi connectivity index (χ3v) is 12.8. The fraction of sp³-hybridized carbons (Fsp3) is 0.812. The molecule has 0 heterocycles. The summed E-state index contributed by atoms with van der Waals surface area (Å²) in [6.45, 7) is 0.949. The van der Waals surface area contributed by atoms with Crippen molar-refractivity contribution in [3.05, 3.63) is 0 Å². The van der Waals surface area contributed by atoms with Gasteiger partial charge in [-0.1, -0.05) is 0 Å². The van der Waals surface area contributed by atoms with Gasteiger partial charge in [0, 0.05) is 24.7 Å². The molecule has 6 aliphatic rings. The van der Waals surface area contributed by atoms with E-state index in [9.17, 15) is 92.8 Å². The summed E-state index contributed by atoms with van der Waals surface area (Å²) in [7, 11) is 0. The molecular weight excluding hydrogens is 978 g/mol. The third kappa shape index (κ3) is 13.3. The van der Waals surface area contributed by atoms with Crippen LogP contribution < -0.4 is 15.8 Å². The average molecular weight is 1010 g/mol. The summed E-state index contributed by atoms with van der Waals surface area (Å²) in [5.41, 5.74) is -0.742. The van der Waals surface area contributed by atoms with E-state index in [1.54, 1.807) is 0 Å². The number of hydrogen-bond donors (Lipinski definition) is 0. The molecule has 6 unspecified atom stereocenters. The maximum atomic E-state index is 14.1. The van der Waals surface area contributed by atoms with E-state index in [2.05, 4.69) is 37.6 Å². The second-order valence-electron chi connectivity index (χ2n) is 14.9. The Kier molecular flexibility index (Phi) is 19.5. The number of hydrogen-bond acceptors (Lipinski definition) is 21. The highest BCUT2D eigenvalue weighted by molar-refractivity contribution is 7.97. The van der Waals surface area contributed by atoms with Crippen LogP contribution in [0.15, 0.2) is 0 Å². The molecule has 64 heavy (non-hydrogen) atoms. The molecule has 0 aromatic carbocycles. The number of ketones is 3. The molecule has 0 radical (unpaired) electrons. The molecule has 18 nitrogen and oxygen atoms in total. The summed E-state index contributed by atoms with van der Waals surface area (Å²) in [5.74, 6) is -7.14. The lowest BCUT2D eigenvalue weighted by molar-refractivity contribution is -0.777. The number of ether oxygens (including phenoxy) is 3. The van der Waals surface area contributed by atoms with Crippen LogP contribution in [0.1, 0.15) is 90.4 Å². The Balaban J connectivity index is 0.000000256. The Morgan fingerprint density at radius 2 is 1.03 bits per heavy atom. The van der Waals surface area contributed by atoms with E-state index in [0.717, 1.165) is 19.8 Å². The second kappa shape index (κ2) is 22.4. The number of carbonyl (C=O) groups is 6. The fourth-order valence-corrected chi connectivity index (χ4v) is 8.64. The van der Waals surface area contributed by atoms with E-state index in [-0.39, 0.29) is 55.3 Å². The maximum Gasteiger partial charge on any atom is 0.446 e. The Hall–Kier alpha value is -2.66. The van der Waals surface area contributed by atoms with E-state index in [1.807, 2.05) is 0 Å². The van der Waals surface area contributed by atoms with Gasteiger partial charge in [0.15, 0.2) is 23.8 Å². The first-order chi connectivity index (χ1) is 29.5. The molecular formula is C32H34F11O18S3-3. The summed E-state index contributed by atoms with van der Waals surface area (Å²) >= 11 is -2.80. The number of esters is 3. The summed E-state index contributed by atoms with van der Waals surface area (Å²) in [6.07, 6.45) is -16.6. The molecule has 6 aliphatic carbocycles. The standard InChI is InChI=1S/C13H17FO6S.C10H10F6O6S.C9H10F4O6S/c1-12(14,21-20-19-17)11(16)18-13-4-7-2-8(5-13)10(15)9(3-7)6-13;11-9(12,13)8(10(14,15)16,23-22-21-19)7(18)20-6-4-2-1-3-5(6)17;10-8(9(11,12)13,20-19-18-16)7(15)17-6-4-2-1-3-5(6)14/h7-9,17H,2-6H2,1H3;6,19H,1-4H2;6,16H,1-4H2/p-3. The molecule has 0 aromatic rings. The number of carbonyl (C=O) groups excluding carboxylic acids is 6. The fourth-order valence-electron chi connectivity index (χ4n) is 7.61. The van der Waals surface area contributed by atoms with Gasteiger partial charge in [-0.05, 0) is 83.5 Å². The lowest BCUT2D eigenvalue weighted by Crippen LogP contribution is -2.61. The smallest absolute Gasteiger partial charge is 0.446 e. The zero-order chi connectivity index (χ0) is 48.5. The molecule has 32 heteroatoms. The minimum atomic E-state index is -6.23. The first-order valence-electron chi connectivity index (χ1n) is 18.3. The van der Waals surface area contributed by atoms with Crippen LogP contribution in [-0.4, -0.2) is 86.3 Å². The van der Waals surface area contributed by atoms with Crippen LogP contribution in [0.3, 0.4) is 0 Å². The molecule has 6 atom stereocenters. The molecule has 0 saturated heterocycles. The number of alkyl halides is 11. The average Bonchev–Trinajstić information content (AvgIpc) is 3.18. The van der Waals surface area contributed by atoms with Gasteiger partial charge in [0.25, 0.3) is 5.00 Å². The second-order valence-corrected chi connectivity index (χ2v) is 17.7. The Labute approximate surface area is 365 Å². The zero-order valence-electron chi connectivity index (χ0n) is 32.3. The number of rotatable bonds is 15. The molecule has 4 bridgehead atoms. The highest BCUT2D eigenvalue weighted by atomic mass is 32.2. The third-order valence-electron chi connectivity index (χ3n) is 10.4. The SMILES string of the molecule is CC(F)(SOO[O-])C(=O)OC12CC3CC(C1)C(=O)C(C3)C2.O=C1CCCCC1OC(=O)C(F)(SOO[O-])C(F)(F)F.O=C1CCCCC1OC(=O)C(SOO[O-])(C(F)(F)F)C(F)(F)F. The van der Waals surface area contributed by atoms with E-state index in [4.69, 9.17) is 4.74 Å². The van der Waals surface area contributed by atoms with Crippen molar-refractivity contribution < 1.29 is 135 Å². The molecule has 0 spiro atoms. The molecule has 6 saturated carbocycles. The summed E-state index contributed by atoms with van der Waals surface area (Å²) in [4.78, 5) is 69.7. The number of Topliss-reactive ketones (excluding diaryl/α,β-unsaturated/α-hetero) is 3. The topological polar surface area (TPSA) is 255 Å². The van der Waals surface area contributed by atoms with E-state index >= 15 is 0 Å². The van der Waals surface area contributed by atoms with Gasteiger partial charge >= 0.3 is 46.2 Å². The molecule has 0 N–H and O–H groups in total. The normalized spacial score (nSPS) is 27.8. The minimum Gasteiger partial charge on any atom is -0.691 e. The maximum absolute atomic E-state index is 14.1. The summed E-state index contributed by atoms with van der Waals surface area (Å²) in [6, 6.07) is 0. The van der Waals surface area contributed by atoms with Crippen molar-refractivity contribution in [3.63, 3.8) is 0 Å². The van der Waals surface area contributed by atoms with Crippen LogP contribution in [-0.2, 0) is 71.1 Å². The van der Waals surface area contributed by atoms with Crippen molar-refractivity contribution in [2.24, 2.45) is 17.8 Å². The van der Waals surface area contributed by atoms with Gasteiger partial charge in [0.2, 0.25) is 0 Å². The van der Waals surface area contributed by atoms with Gasteiger partial charge < -0.3 is 30.0 Å². The highest BCUT2D eigenvalue weighted by Gasteiger charge is 2.79. The first kappa shape index (κ1) is 55.7. The quantitative estimate of drug-likeness (QED) is 0.0557. The Morgan fingerprint density at radius 3 is 1.45 bits per heavy atom. The molecule has 0 amide bonds. The predicted octanol–water partition coefficient (Wildman–Crippen LogP) is 4.15. The van der Waals surface area contributed by atoms with Gasteiger partial charge in [0.05, 0.1) is 36.1 Å². The van der Waals surface area contributed by atoms with Gasteiger partial charge in [0.1, 0.15) is 11.4 Å². The van der Waals surface area contributed by atoms with Crippen molar-refractivity contribution >= 4 is 71.4 Å². The Bertz CT molecular complexity index is 1640. The van der Waals surface area contributed by atoms with Crippen molar-refractivity contribution in [1.82, 2.24) is 0 Å². The number of halogens is 11. The van der Waals surface area contributed by atoms with E-state index in [0.29, 0.717) is 50.9 Å². The van der Waals surface area contributed by atoms with Crippen LogP contribution in [0, 0.1) is 17.8 Å². The molecule has 6 fully saturated rings. The van der Waals surface area contributed by atoms with Gasteiger partial charge in [-0.3, -0.25) is 29.5 Å². The van der Waals surface area contributed by atoms with Gasteiger partial charge in [-0.25, -0.2) is 23.2 Å². The molecule has 0 aliphatic heterocycles. The molecule has 0 aromatic heterocycles. The summed E-state index contributed by atoms with van der Waals surface area (Å²) in [5, 5.41) is 29.8. The van der Waals surface area contributed by atoms with Crippen molar-refractivity contribution in [2.75, 3.05) is 0 Å². The molecule has 6 rings (SSSR count). The van der Waals surface area contributed by atoms with Gasteiger partial charge in [-0.15, -0.1) is 0 Å². The first-order valence-corrected chi connectivity index (χ1v) is 20.5. The minimum absolute atomic E-state index is 0.0160. The van der Waals surface area contributed by atoms with Crippen LogP contribution >= 0.6 is 36.1 Å². The Morgan fingerprint density at radius 1 is 0.594 bits per heavy atom. The lowest BCUT2D eigenvalue weighted by atomic mass is 9.53. The van der Waals surface area contributed by atoms with E-state index in [1.165, 1.54) is 0 Å². The van der Waals surface area contributed by atoms with E-state index < -0.39 is 105 Å². The predicted molar refractivity (Wildman–Crippen MR) is 178 cm³/mol.